The molecule has 142 valence electrons. The maximum atomic E-state index is 11.7. The first kappa shape index (κ1) is 20.3. The number of amides is 1. The fourth-order valence-electron chi connectivity index (χ4n) is 2.01. The van der Waals surface area contributed by atoms with E-state index in [2.05, 4.69) is 10.1 Å². The topological polar surface area (TPSA) is 90.9 Å². The SMILES string of the molecule is COC(=O)c1ccc(CNC(=O)COC(=O)COc2cccc(Cl)c2)cc1. The van der Waals surface area contributed by atoms with Gasteiger partial charge in [0.1, 0.15) is 5.75 Å². The number of methoxy groups -OCH3 is 1. The van der Waals surface area contributed by atoms with Crippen molar-refractivity contribution in [2.75, 3.05) is 20.3 Å². The first-order valence-corrected chi connectivity index (χ1v) is 8.33. The molecule has 0 aliphatic carbocycles. The van der Waals surface area contributed by atoms with Gasteiger partial charge in [0.25, 0.3) is 5.91 Å². The normalized spacial score (nSPS) is 10.0. The van der Waals surface area contributed by atoms with Gasteiger partial charge in [0.2, 0.25) is 0 Å². The van der Waals surface area contributed by atoms with Gasteiger partial charge in [-0.15, -0.1) is 0 Å². The Balaban J connectivity index is 1.68. The molecule has 0 heterocycles. The van der Waals surface area contributed by atoms with Crippen molar-refractivity contribution in [3.8, 4) is 5.75 Å². The maximum Gasteiger partial charge on any atom is 0.344 e. The lowest BCUT2D eigenvalue weighted by atomic mass is 10.1. The molecule has 0 spiro atoms. The average Bonchev–Trinajstić information content (AvgIpc) is 2.69. The number of carbonyl (C=O) groups is 3. The fourth-order valence-corrected chi connectivity index (χ4v) is 2.20. The van der Waals surface area contributed by atoms with E-state index in [4.69, 9.17) is 21.1 Å². The van der Waals surface area contributed by atoms with Gasteiger partial charge < -0.3 is 19.5 Å². The number of carbonyl (C=O) groups excluding carboxylic acids is 3. The zero-order valence-electron chi connectivity index (χ0n) is 14.6. The number of hydrogen-bond donors (Lipinski definition) is 1. The molecule has 1 amide bonds. The van der Waals surface area contributed by atoms with Crippen LogP contribution in [0.3, 0.4) is 0 Å². The molecule has 0 aliphatic heterocycles. The Labute approximate surface area is 161 Å². The smallest absolute Gasteiger partial charge is 0.344 e. The Morgan fingerprint density at radius 3 is 2.44 bits per heavy atom. The van der Waals surface area contributed by atoms with Gasteiger partial charge in [0.15, 0.2) is 13.2 Å². The van der Waals surface area contributed by atoms with Gasteiger partial charge in [-0.25, -0.2) is 9.59 Å². The van der Waals surface area contributed by atoms with Crippen molar-refractivity contribution in [2.24, 2.45) is 0 Å². The predicted octanol–water partition coefficient (Wildman–Crippen LogP) is 2.36. The van der Waals surface area contributed by atoms with Crippen LogP contribution in [0.5, 0.6) is 5.75 Å². The summed E-state index contributed by atoms with van der Waals surface area (Å²) < 4.78 is 14.7. The van der Waals surface area contributed by atoms with Crippen molar-refractivity contribution >= 4 is 29.4 Å². The highest BCUT2D eigenvalue weighted by atomic mass is 35.5. The second kappa shape index (κ2) is 10.2. The molecule has 0 saturated heterocycles. The maximum absolute atomic E-state index is 11.7. The molecule has 0 aromatic heterocycles. The van der Waals surface area contributed by atoms with Crippen LogP contribution in [-0.2, 0) is 25.6 Å². The van der Waals surface area contributed by atoms with Crippen molar-refractivity contribution in [1.29, 1.82) is 0 Å². The number of hydrogen-bond acceptors (Lipinski definition) is 6. The molecule has 0 aliphatic rings. The summed E-state index contributed by atoms with van der Waals surface area (Å²) in [5.41, 5.74) is 1.20. The Hall–Kier alpha value is -3.06. The van der Waals surface area contributed by atoms with Crippen LogP contribution in [0, 0.1) is 0 Å². The Morgan fingerprint density at radius 2 is 1.78 bits per heavy atom. The van der Waals surface area contributed by atoms with Crippen LogP contribution in [0.15, 0.2) is 48.5 Å². The number of halogens is 1. The minimum Gasteiger partial charge on any atom is -0.482 e. The summed E-state index contributed by atoms with van der Waals surface area (Å²) in [6.07, 6.45) is 0. The third-order valence-electron chi connectivity index (χ3n) is 3.38. The summed E-state index contributed by atoms with van der Waals surface area (Å²) in [5, 5.41) is 3.09. The number of benzene rings is 2. The quantitative estimate of drug-likeness (QED) is 0.695. The van der Waals surface area contributed by atoms with Gasteiger partial charge in [-0.3, -0.25) is 4.79 Å². The molecule has 7 nitrogen and oxygen atoms in total. The second-order valence-corrected chi connectivity index (χ2v) is 5.81. The van der Waals surface area contributed by atoms with E-state index >= 15 is 0 Å². The monoisotopic (exact) mass is 391 g/mol. The molecule has 1 N–H and O–H groups in total. The highest BCUT2D eigenvalue weighted by molar-refractivity contribution is 6.30. The van der Waals surface area contributed by atoms with E-state index < -0.39 is 24.5 Å². The van der Waals surface area contributed by atoms with Crippen LogP contribution in [0.2, 0.25) is 5.02 Å². The van der Waals surface area contributed by atoms with E-state index in [-0.39, 0.29) is 13.2 Å². The number of rotatable bonds is 8. The largest absolute Gasteiger partial charge is 0.482 e. The van der Waals surface area contributed by atoms with Gasteiger partial charge in [-0.05, 0) is 35.9 Å². The lowest BCUT2D eigenvalue weighted by molar-refractivity contribution is -0.150. The molecule has 0 radical (unpaired) electrons. The molecular formula is C19H18ClNO6. The molecule has 2 aromatic rings. The van der Waals surface area contributed by atoms with Crippen molar-refractivity contribution in [3.63, 3.8) is 0 Å². The lowest BCUT2D eigenvalue weighted by Crippen LogP contribution is -2.29. The molecule has 0 fully saturated rings. The highest BCUT2D eigenvalue weighted by Crippen LogP contribution is 2.16. The van der Waals surface area contributed by atoms with Crippen LogP contribution in [-0.4, -0.2) is 38.2 Å². The minimum atomic E-state index is -0.674. The van der Waals surface area contributed by atoms with Gasteiger partial charge >= 0.3 is 11.9 Å². The number of nitrogens with one attached hydrogen (secondary N) is 1. The molecule has 8 heteroatoms. The molecule has 0 unspecified atom stereocenters. The fraction of sp³-hybridized carbons (Fsp3) is 0.211. The van der Waals surface area contributed by atoms with Crippen molar-refractivity contribution in [3.05, 3.63) is 64.7 Å². The van der Waals surface area contributed by atoms with Gasteiger partial charge in [0.05, 0.1) is 12.7 Å². The average molecular weight is 392 g/mol. The Morgan fingerprint density at radius 1 is 1.04 bits per heavy atom. The van der Waals surface area contributed by atoms with Gasteiger partial charge in [-0.2, -0.15) is 0 Å². The summed E-state index contributed by atoms with van der Waals surface area (Å²) in [5.74, 6) is -1.13. The van der Waals surface area contributed by atoms with E-state index in [9.17, 15) is 14.4 Å². The van der Waals surface area contributed by atoms with E-state index in [0.717, 1.165) is 5.56 Å². The van der Waals surface area contributed by atoms with Crippen molar-refractivity contribution in [1.82, 2.24) is 5.32 Å². The molecule has 2 aromatic carbocycles. The molecule has 0 bridgehead atoms. The molecular weight excluding hydrogens is 374 g/mol. The summed E-state index contributed by atoms with van der Waals surface area (Å²) in [6.45, 7) is -0.516. The van der Waals surface area contributed by atoms with E-state index in [0.29, 0.717) is 16.3 Å². The number of ether oxygens (including phenoxy) is 3. The van der Waals surface area contributed by atoms with E-state index in [1.807, 2.05) is 0 Å². The summed E-state index contributed by atoms with van der Waals surface area (Å²) in [4.78, 5) is 34.7. The highest BCUT2D eigenvalue weighted by Gasteiger charge is 2.09. The zero-order chi connectivity index (χ0) is 19.6. The third kappa shape index (κ3) is 6.99. The minimum absolute atomic E-state index is 0.233. The predicted molar refractivity (Wildman–Crippen MR) is 97.5 cm³/mol. The summed E-state index contributed by atoms with van der Waals surface area (Å²) >= 11 is 5.81. The third-order valence-corrected chi connectivity index (χ3v) is 3.62. The van der Waals surface area contributed by atoms with Crippen molar-refractivity contribution in [2.45, 2.75) is 6.54 Å². The van der Waals surface area contributed by atoms with Crippen molar-refractivity contribution < 1.29 is 28.6 Å². The number of esters is 2. The first-order valence-electron chi connectivity index (χ1n) is 7.96. The van der Waals surface area contributed by atoms with Crippen LogP contribution in [0.4, 0.5) is 0 Å². The first-order chi connectivity index (χ1) is 13.0. The van der Waals surface area contributed by atoms with Crippen LogP contribution in [0.1, 0.15) is 15.9 Å². The zero-order valence-corrected chi connectivity index (χ0v) is 15.3. The summed E-state index contributed by atoms with van der Waals surface area (Å²) in [6, 6.07) is 13.2. The van der Waals surface area contributed by atoms with E-state index in [1.165, 1.54) is 7.11 Å². The molecule has 0 atom stereocenters. The molecule has 27 heavy (non-hydrogen) atoms. The van der Waals surface area contributed by atoms with Crippen LogP contribution >= 0.6 is 11.6 Å². The van der Waals surface area contributed by atoms with Gasteiger partial charge in [-0.1, -0.05) is 29.8 Å². The summed E-state index contributed by atoms with van der Waals surface area (Å²) in [7, 11) is 1.30. The van der Waals surface area contributed by atoms with Gasteiger partial charge in [0, 0.05) is 11.6 Å². The standard InChI is InChI=1S/C19H18ClNO6/c1-25-19(24)14-7-5-13(6-8-14)10-21-17(22)11-27-18(23)12-26-16-4-2-3-15(20)9-16/h2-9H,10-12H2,1H3,(H,21,22). The van der Waals surface area contributed by atoms with Crippen LogP contribution in [0.25, 0.3) is 0 Å². The second-order valence-electron chi connectivity index (χ2n) is 5.37. The Kier molecular flexibility index (Phi) is 7.63. The lowest BCUT2D eigenvalue weighted by Gasteiger charge is -2.08. The van der Waals surface area contributed by atoms with E-state index in [1.54, 1.807) is 48.5 Å². The molecule has 0 saturated carbocycles. The van der Waals surface area contributed by atoms with Crippen LogP contribution < -0.4 is 10.1 Å². The Bertz CT molecular complexity index is 806. The molecule has 2 rings (SSSR count).